The normalized spacial score (nSPS) is 12.5. The summed E-state index contributed by atoms with van der Waals surface area (Å²) in [4.78, 5) is 0. The standard InChI is InChI=1S/C11H17BO/c1-4-9(2)5-6-10(3)11(7-12)8-13/h5-6,11,13H,1,3,7-8,12H2,2H3/b6-5-. The van der Waals surface area contributed by atoms with E-state index in [0.717, 1.165) is 17.5 Å². The van der Waals surface area contributed by atoms with Crippen LogP contribution < -0.4 is 0 Å². The van der Waals surface area contributed by atoms with E-state index >= 15 is 0 Å². The van der Waals surface area contributed by atoms with E-state index in [1.165, 1.54) is 0 Å². The van der Waals surface area contributed by atoms with E-state index in [-0.39, 0.29) is 12.5 Å². The Hall–Kier alpha value is -0.975. The predicted octanol–water partition coefficient (Wildman–Crippen LogP) is 1.49. The fraction of sp³-hybridized carbons (Fsp3) is 0.364. The van der Waals surface area contributed by atoms with Crippen LogP contribution in [0.2, 0.25) is 6.32 Å². The second kappa shape index (κ2) is 6.53. The average Bonchev–Trinajstić information content (AvgIpc) is 2.16. The van der Waals surface area contributed by atoms with Crippen LogP contribution in [0.25, 0.3) is 0 Å². The van der Waals surface area contributed by atoms with Crippen molar-refractivity contribution >= 4 is 7.85 Å². The number of allylic oxidation sites excluding steroid dienone is 3. The topological polar surface area (TPSA) is 20.2 Å². The first kappa shape index (κ1) is 12.0. The molecule has 0 aliphatic rings. The molecule has 1 unspecified atom stereocenters. The highest BCUT2D eigenvalue weighted by Crippen LogP contribution is 2.13. The highest BCUT2D eigenvalue weighted by molar-refractivity contribution is 6.08. The maximum Gasteiger partial charge on any atom is 0.102 e. The number of hydrogen-bond acceptors (Lipinski definition) is 1. The first-order valence-corrected chi connectivity index (χ1v) is 4.50. The first-order chi connectivity index (χ1) is 6.15. The van der Waals surface area contributed by atoms with Crippen molar-refractivity contribution in [1.82, 2.24) is 0 Å². The molecule has 0 heterocycles. The largest absolute Gasteiger partial charge is 0.396 e. The van der Waals surface area contributed by atoms with Gasteiger partial charge in [0.25, 0.3) is 0 Å². The van der Waals surface area contributed by atoms with Crippen molar-refractivity contribution in [3.63, 3.8) is 0 Å². The van der Waals surface area contributed by atoms with Gasteiger partial charge in [0.15, 0.2) is 0 Å². The van der Waals surface area contributed by atoms with Crippen molar-refractivity contribution in [2.45, 2.75) is 13.2 Å². The Balaban J connectivity index is 4.28. The van der Waals surface area contributed by atoms with Gasteiger partial charge in [0.2, 0.25) is 0 Å². The maximum absolute atomic E-state index is 8.99. The molecule has 1 N–H and O–H groups in total. The zero-order valence-electron chi connectivity index (χ0n) is 8.51. The van der Waals surface area contributed by atoms with Gasteiger partial charge in [0, 0.05) is 6.61 Å². The van der Waals surface area contributed by atoms with Crippen LogP contribution in [0.1, 0.15) is 6.92 Å². The molecule has 0 bridgehead atoms. The fourth-order valence-corrected chi connectivity index (χ4v) is 0.936. The number of rotatable bonds is 5. The van der Waals surface area contributed by atoms with Crippen molar-refractivity contribution in [3.8, 4) is 0 Å². The second-order valence-corrected chi connectivity index (χ2v) is 3.06. The van der Waals surface area contributed by atoms with E-state index in [1.54, 1.807) is 0 Å². The molecular formula is C11H17BO. The molecule has 0 aromatic rings. The van der Waals surface area contributed by atoms with Crippen LogP contribution in [0.3, 0.4) is 0 Å². The molecule has 0 spiro atoms. The molecular weight excluding hydrogens is 159 g/mol. The molecule has 0 fully saturated rings. The van der Waals surface area contributed by atoms with E-state index < -0.39 is 0 Å². The first-order valence-electron chi connectivity index (χ1n) is 4.50. The smallest absolute Gasteiger partial charge is 0.102 e. The van der Waals surface area contributed by atoms with E-state index in [9.17, 15) is 0 Å². The molecule has 1 nitrogen and oxygen atoms in total. The SMILES string of the molecule is BCC(CO)C(=C)/C=C\C(C)=C=C. The Morgan fingerprint density at radius 1 is 1.62 bits per heavy atom. The van der Waals surface area contributed by atoms with Crippen molar-refractivity contribution in [3.05, 3.63) is 42.2 Å². The molecule has 0 rings (SSSR count). The number of hydrogen-bond donors (Lipinski definition) is 1. The van der Waals surface area contributed by atoms with Crippen LogP contribution in [0.5, 0.6) is 0 Å². The minimum atomic E-state index is 0.163. The lowest BCUT2D eigenvalue weighted by Crippen LogP contribution is -2.06. The third kappa shape index (κ3) is 4.57. The molecule has 0 aliphatic heterocycles. The lowest BCUT2D eigenvalue weighted by atomic mass is 9.86. The highest BCUT2D eigenvalue weighted by atomic mass is 16.3. The number of aliphatic hydroxyl groups excluding tert-OH is 1. The summed E-state index contributed by atoms with van der Waals surface area (Å²) in [6.45, 7) is 9.52. The fourth-order valence-electron chi connectivity index (χ4n) is 0.936. The van der Waals surface area contributed by atoms with Gasteiger partial charge in [-0.25, -0.2) is 0 Å². The van der Waals surface area contributed by atoms with Gasteiger partial charge in [-0.1, -0.05) is 37.2 Å². The van der Waals surface area contributed by atoms with E-state index in [0.29, 0.717) is 0 Å². The van der Waals surface area contributed by atoms with Gasteiger partial charge in [0.05, 0.1) is 0 Å². The molecule has 2 heteroatoms. The third-order valence-corrected chi connectivity index (χ3v) is 2.06. The van der Waals surface area contributed by atoms with Crippen molar-refractivity contribution < 1.29 is 5.11 Å². The Labute approximate surface area is 81.6 Å². The minimum absolute atomic E-state index is 0.163. The molecule has 13 heavy (non-hydrogen) atoms. The van der Waals surface area contributed by atoms with Crippen LogP contribution in [-0.4, -0.2) is 19.6 Å². The average molecular weight is 176 g/mol. The summed E-state index contributed by atoms with van der Waals surface area (Å²) < 4.78 is 0. The number of aliphatic hydroxyl groups is 1. The van der Waals surface area contributed by atoms with Crippen molar-refractivity contribution in [2.24, 2.45) is 5.92 Å². The molecule has 0 aromatic heterocycles. The van der Waals surface area contributed by atoms with E-state index in [2.05, 4.69) is 18.9 Å². The molecule has 0 aliphatic carbocycles. The Morgan fingerprint density at radius 2 is 2.23 bits per heavy atom. The molecule has 0 saturated carbocycles. The van der Waals surface area contributed by atoms with Gasteiger partial charge < -0.3 is 5.11 Å². The summed E-state index contributed by atoms with van der Waals surface area (Å²) >= 11 is 0. The summed E-state index contributed by atoms with van der Waals surface area (Å²) in [7, 11) is 2.04. The van der Waals surface area contributed by atoms with Crippen LogP contribution in [-0.2, 0) is 0 Å². The summed E-state index contributed by atoms with van der Waals surface area (Å²) in [6, 6.07) is 0. The Kier molecular flexibility index (Phi) is 6.04. The van der Waals surface area contributed by atoms with Crippen LogP contribution in [0, 0.1) is 5.92 Å². The van der Waals surface area contributed by atoms with Gasteiger partial charge in [-0.05, 0) is 18.4 Å². The van der Waals surface area contributed by atoms with Gasteiger partial charge in [-0.15, -0.1) is 5.73 Å². The maximum atomic E-state index is 8.99. The van der Waals surface area contributed by atoms with Crippen LogP contribution in [0.4, 0.5) is 0 Å². The molecule has 0 amide bonds. The quantitative estimate of drug-likeness (QED) is 0.382. The van der Waals surface area contributed by atoms with Gasteiger partial charge in [0.1, 0.15) is 7.85 Å². The van der Waals surface area contributed by atoms with E-state index in [1.807, 2.05) is 26.9 Å². The monoisotopic (exact) mass is 176 g/mol. The second-order valence-electron chi connectivity index (χ2n) is 3.06. The van der Waals surface area contributed by atoms with E-state index in [4.69, 9.17) is 5.11 Å². The lowest BCUT2D eigenvalue weighted by molar-refractivity contribution is 0.258. The predicted molar refractivity (Wildman–Crippen MR) is 60.5 cm³/mol. The Bertz CT molecular complexity index is 243. The molecule has 0 radical (unpaired) electrons. The lowest BCUT2D eigenvalue weighted by Gasteiger charge is -2.10. The molecule has 0 aromatic carbocycles. The zero-order valence-corrected chi connectivity index (χ0v) is 8.51. The molecule has 1 atom stereocenters. The van der Waals surface area contributed by atoms with Crippen LogP contribution in [0.15, 0.2) is 42.2 Å². The summed E-state index contributed by atoms with van der Waals surface area (Å²) in [5, 5.41) is 8.99. The zero-order chi connectivity index (χ0) is 10.3. The molecule has 70 valence electrons. The molecule has 0 saturated heterocycles. The highest BCUT2D eigenvalue weighted by Gasteiger charge is 2.05. The summed E-state index contributed by atoms with van der Waals surface area (Å²) in [6.07, 6.45) is 4.74. The minimum Gasteiger partial charge on any atom is -0.396 e. The summed E-state index contributed by atoms with van der Waals surface area (Å²) in [5.41, 5.74) is 4.71. The third-order valence-electron chi connectivity index (χ3n) is 2.06. The van der Waals surface area contributed by atoms with Crippen molar-refractivity contribution in [1.29, 1.82) is 0 Å². The Morgan fingerprint density at radius 3 is 2.62 bits per heavy atom. The van der Waals surface area contributed by atoms with Gasteiger partial charge in [-0.2, -0.15) is 0 Å². The van der Waals surface area contributed by atoms with Gasteiger partial charge >= 0.3 is 0 Å². The van der Waals surface area contributed by atoms with Crippen LogP contribution >= 0.6 is 0 Å². The van der Waals surface area contributed by atoms with Crippen molar-refractivity contribution in [2.75, 3.05) is 6.61 Å². The van der Waals surface area contributed by atoms with Gasteiger partial charge in [-0.3, -0.25) is 0 Å². The summed E-state index contributed by atoms with van der Waals surface area (Å²) in [5.74, 6) is 0.175.